The van der Waals surface area contributed by atoms with Crippen molar-refractivity contribution >= 4 is 15.9 Å². The molecule has 2 nitrogen and oxygen atoms in total. The topological polar surface area (TPSA) is 17.8 Å². The van der Waals surface area contributed by atoms with Crippen LogP contribution in [0.5, 0.6) is 0 Å². The second-order valence-corrected chi connectivity index (χ2v) is 4.58. The maximum absolute atomic E-state index is 4.28. The fourth-order valence-electron chi connectivity index (χ4n) is 1.64. The van der Waals surface area contributed by atoms with Crippen LogP contribution in [0.25, 0.3) is 0 Å². The first-order valence-corrected chi connectivity index (χ1v) is 5.97. The number of alkyl halides is 1. The van der Waals surface area contributed by atoms with Crippen molar-refractivity contribution in [2.45, 2.75) is 32.7 Å². The first kappa shape index (κ1) is 9.25. The Hall–Kier alpha value is -0.310. The summed E-state index contributed by atoms with van der Waals surface area (Å²) in [7, 11) is 0. The van der Waals surface area contributed by atoms with Crippen LogP contribution in [0.1, 0.15) is 25.3 Å². The molecule has 3 heteroatoms. The Labute approximate surface area is 87.5 Å². The number of hydrogen-bond donors (Lipinski definition) is 0. The van der Waals surface area contributed by atoms with Gasteiger partial charge in [0.1, 0.15) is 0 Å². The molecular weight excluding hydrogens is 228 g/mol. The van der Waals surface area contributed by atoms with E-state index in [1.54, 1.807) is 0 Å². The second kappa shape index (κ2) is 3.45. The van der Waals surface area contributed by atoms with Crippen LogP contribution in [0.3, 0.4) is 0 Å². The normalized spacial score (nSPS) is 18.9. The van der Waals surface area contributed by atoms with Gasteiger partial charge in [-0.05, 0) is 37.2 Å². The molecule has 0 radical (unpaired) electrons. The summed E-state index contributed by atoms with van der Waals surface area (Å²) >= 11 is 3.59. The summed E-state index contributed by atoms with van der Waals surface area (Å²) in [6, 6.07) is 0. The van der Waals surface area contributed by atoms with Crippen molar-refractivity contribution in [3.8, 4) is 0 Å². The molecule has 0 aliphatic heterocycles. The number of aromatic nitrogens is 2. The van der Waals surface area contributed by atoms with Crippen LogP contribution in [0.15, 0.2) is 12.4 Å². The van der Waals surface area contributed by atoms with E-state index in [0.29, 0.717) is 5.41 Å². The van der Waals surface area contributed by atoms with E-state index in [0.717, 1.165) is 11.9 Å². The van der Waals surface area contributed by atoms with Crippen molar-refractivity contribution in [1.29, 1.82) is 0 Å². The van der Waals surface area contributed by atoms with Gasteiger partial charge < -0.3 is 0 Å². The van der Waals surface area contributed by atoms with Gasteiger partial charge in [-0.3, -0.25) is 4.68 Å². The Morgan fingerprint density at radius 3 is 2.85 bits per heavy atom. The SMILES string of the molecule is CCn1cc(CC2(CBr)CC2)cn1. The highest BCUT2D eigenvalue weighted by Gasteiger charge is 2.41. The van der Waals surface area contributed by atoms with E-state index in [1.165, 1.54) is 24.8 Å². The molecule has 0 spiro atoms. The standard InChI is InChI=1S/C10H15BrN2/c1-2-13-7-9(6-12-13)5-10(8-11)3-4-10/h6-7H,2-5,8H2,1H3. The van der Waals surface area contributed by atoms with Crippen LogP contribution >= 0.6 is 15.9 Å². The lowest BCUT2D eigenvalue weighted by atomic mass is 10.0. The molecule has 2 rings (SSSR count). The molecule has 0 aromatic carbocycles. The largest absolute Gasteiger partial charge is 0.273 e. The van der Waals surface area contributed by atoms with Crippen LogP contribution in [0.4, 0.5) is 0 Å². The smallest absolute Gasteiger partial charge is 0.0521 e. The van der Waals surface area contributed by atoms with Gasteiger partial charge in [0.2, 0.25) is 0 Å². The zero-order chi connectivity index (χ0) is 9.31. The van der Waals surface area contributed by atoms with Crippen molar-refractivity contribution in [1.82, 2.24) is 9.78 Å². The van der Waals surface area contributed by atoms with Gasteiger partial charge in [0.25, 0.3) is 0 Å². The lowest BCUT2D eigenvalue weighted by molar-refractivity contribution is 0.585. The highest BCUT2D eigenvalue weighted by molar-refractivity contribution is 9.09. The fraction of sp³-hybridized carbons (Fsp3) is 0.700. The van der Waals surface area contributed by atoms with Gasteiger partial charge >= 0.3 is 0 Å². The Morgan fingerprint density at radius 1 is 1.62 bits per heavy atom. The summed E-state index contributed by atoms with van der Waals surface area (Å²) in [6.07, 6.45) is 8.11. The van der Waals surface area contributed by atoms with Crippen molar-refractivity contribution in [3.05, 3.63) is 18.0 Å². The fourth-order valence-corrected chi connectivity index (χ4v) is 2.40. The molecule has 1 aromatic rings. The number of aryl methyl sites for hydroxylation is 1. The molecule has 13 heavy (non-hydrogen) atoms. The highest BCUT2D eigenvalue weighted by atomic mass is 79.9. The Balaban J connectivity index is 2.01. The van der Waals surface area contributed by atoms with E-state index < -0.39 is 0 Å². The molecule has 0 saturated heterocycles. The molecule has 1 aliphatic rings. The molecule has 0 bridgehead atoms. The van der Waals surface area contributed by atoms with Crippen LogP contribution in [0, 0.1) is 5.41 Å². The molecule has 1 saturated carbocycles. The zero-order valence-corrected chi connectivity index (χ0v) is 9.55. The molecule has 72 valence electrons. The quantitative estimate of drug-likeness (QED) is 0.743. The maximum Gasteiger partial charge on any atom is 0.0521 e. The van der Waals surface area contributed by atoms with Gasteiger partial charge in [-0.2, -0.15) is 5.10 Å². The monoisotopic (exact) mass is 242 g/mol. The molecule has 0 unspecified atom stereocenters. The van der Waals surface area contributed by atoms with Crippen molar-refractivity contribution < 1.29 is 0 Å². The van der Waals surface area contributed by atoms with E-state index in [9.17, 15) is 0 Å². The predicted molar refractivity (Wildman–Crippen MR) is 57.1 cm³/mol. The van der Waals surface area contributed by atoms with Crippen molar-refractivity contribution in [3.63, 3.8) is 0 Å². The van der Waals surface area contributed by atoms with Gasteiger partial charge in [0.15, 0.2) is 0 Å². The first-order valence-electron chi connectivity index (χ1n) is 4.85. The van der Waals surface area contributed by atoms with Crippen LogP contribution in [-0.2, 0) is 13.0 Å². The van der Waals surface area contributed by atoms with E-state index in [2.05, 4.69) is 34.1 Å². The Bertz CT molecular complexity index is 289. The van der Waals surface area contributed by atoms with E-state index >= 15 is 0 Å². The van der Waals surface area contributed by atoms with E-state index in [-0.39, 0.29) is 0 Å². The molecular formula is C10H15BrN2. The van der Waals surface area contributed by atoms with Gasteiger partial charge in [-0.1, -0.05) is 15.9 Å². The van der Waals surface area contributed by atoms with Gasteiger partial charge in [0, 0.05) is 18.1 Å². The first-order chi connectivity index (χ1) is 6.28. The van der Waals surface area contributed by atoms with Crippen LogP contribution in [-0.4, -0.2) is 15.1 Å². The summed E-state index contributed by atoms with van der Waals surface area (Å²) in [5.41, 5.74) is 1.96. The average molecular weight is 243 g/mol. The van der Waals surface area contributed by atoms with E-state index in [4.69, 9.17) is 0 Å². The number of hydrogen-bond acceptors (Lipinski definition) is 1. The minimum absolute atomic E-state index is 0.571. The zero-order valence-electron chi connectivity index (χ0n) is 7.96. The molecule has 0 amide bonds. The lowest BCUT2D eigenvalue weighted by Crippen LogP contribution is -2.05. The van der Waals surface area contributed by atoms with Gasteiger partial charge in [-0.25, -0.2) is 0 Å². The third kappa shape index (κ3) is 1.96. The van der Waals surface area contributed by atoms with Gasteiger partial charge in [-0.15, -0.1) is 0 Å². The summed E-state index contributed by atoms with van der Waals surface area (Å²) in [4.78, 5) is 0. The molecule has 1 aromatic heterocycles. The number of halogens is 1. The van der Waals surface area contributed by atoms with Crippen molar-refractivity contribution in [2.75, 3.05) is 5.33 Å². The molecule has 0 N–H and O–H groups in total. The second-order valence-electron chi connectivity index (χ2n) is 4.01. The Kier molecular flexibility index (Phi) is 2.45. The van der Waals surface area contributed by atoms with Crippen molar-refractivity contribution in [2.24, 2.45) is 5.41 Å². The maximum atomic E-state index is 4.28. The minimum atomic E-state index is 0.571. The molecule has 0 atom stereocenters. The molecule has 1 fully saturated rings. The third-order valence-corrected chi connectivity index (χ3v) is 4.02. The number of rotatable bonds is 4. The summed E-state index contributed by atoms with van der Waals surface area (Å²) in [5.74, 6) is 0. The van der Waals surface area contributed by atoms with Gasteiger partial charge in [0.05, 0.1) is 6.20 Å². The Morgan fingerprint density at radius 2 is 2.38 bits per heavy atom. The summed E-state index contributed by atoms with van der Waals surface area (Å²) in [6.45, 7) is 3.09. The average Bonchev–Trinajstić information content (AvgIpc) is 2.77. The molecule has 1 aliphatic carbocycles. The third-order valence-electron chi connectivity index (χ3n) is 2.83. The highest BCUT2D eigenvalue weighted by Crippen LogP contribution is 2.49. The molecule has 1 heterocycles. The van der Waals surface area contributed by atoms with Crippen LogP contribution in [0.2, 0.25) is 0 Å². The minimum Gasteiger partial charge on any atom is -0.273 e. The van der Waals surface area contributed by atoms with Crippen LogP contribution < -0.4 is 0 Å². The lowest BCUT2D eigenvalue weighted by Gasteiger charge is -2.08. The van der Waals surface area contributed by atoms with E-state index in [1.807, 2.05) is 10.9 Å². The number of nitrogens with zero attached hydrogens (tertiary/aromatic N) is 2. The predicted octanol–water partition coefficient (Wildman–Crippen LogP) is 2.62. The summed E-state index contributed by atoms with van der Waals surface area (Å²) in [5, 5.41) is 5.42. The summed E-state index contributed by atoms with van der Waals surface area (Å²) < 4.78 is 2.00.